The minimum absolute atomic E-state index is 0.564. The van der Waals surface area contributed by atoms with E-state index >= 15 is 0 Å². The van der Waals surface area contributed by atoms with Crippen molar-refractivity contribution in [2.75, 3.05) is 0 Å². The molecule has 4 heterocycles. The van der Waals surface area contributed by atoms with Gasteiger partial charge in [-0.25, -0.2) is 19.9 Å². The van der Waals surface area contributed by atoms with E-state index in [0.29, 0.717) is 35.1 Å². The van der Waals surface area contributed by atoms with Crippen LogP contribution in [0.4, 0.5) is 0 Å². The maximum absolute atomic E-state index is 5.23. The van der Waals surface area contributed by atoms with E-state index in [1.165, 1.54) is 0 Å². The monoisotopic (exact) mass is 735 g/mol. The Hall–Kier alpha value is -7.42. The summed E-state index contributed by atoms with van der Waals surface area (Å²) in [6, 6.07) is 59.9. The first-order valence-electron chi connectivity index (χ1n) is 18.4. The van der Waals surface area contributed by atoms with Gasteiger partial charge in [0, 0.05) is 58.8 Å². The van der Waals surface area contributed by atoms with Gasteiger partial charge in [0.15, 0.2) is 29.1 Å². The lowest BCUT2D eigenvalue weighted by Gasteiger charge is -2.11. The second-order valence-electron chi connectivity index (χ2n) is 13.5. The van der Waals surface area contributed by atoms with Crippen LogP contribution in [0.25, 0.3) is 105 Å². The van der Waals surface area contributed by atoms with Crippen molar-refractivity contribution in [3.05, 3.63) is 176 Å². The van der Waals surface area contributed by atoms with Crippen LogP contribution in [-0.2, 0) is 0 Å². The molecule has 0 aliphatic rings. The molecule has 0 fully saturated rings. The number of fused-ring (bicyclic) bond motifs is 6. The number of thiophene rings is 1. The summed E-state index contributed by atoms with van der Waals surface area (Å²) < 4.78 is 4.44. The maximum atomic E-state index is 5.23. The number of para-hydroxylation sites is 2. The van der Waals surface area contributed by atoms with Gasteiger partial charge >= 0.3 is 0 Å². The zero-order chi connectivity index (χ0) is 37.0. The Bertz CT molecular complexity index is 3140. The van der Waals surface area contributed by atoms with Crippen molar-refractivity contribution >= 4 is 53.3 Å². The molecule has 0 N–H and O–H groups in total. The summed E-state index contributed by atoms with van der Waals surface area (Å²) >= 11 is 1.75. The van der Waals surface area contributed by atoms with Crippen LogP contribution in [0.3, 0.4) is 0 Å². The summed E-state index contributed by atoms with van der Waals surface area (Å²) in [5, 5.41) is 4.46. The van der Waals surface area contributed by atoms with E-state index in [2.05, 4.69) is 89.5 Å². The fourth-order valence-corrected chi connectivity index (χ4v) is 8.64. The molecule has 262 valence electrons. The molecule has 0 atom stereocenters. The van der Waals surface area contributed by atoms with Gasteiger partial charge in [-0.1, -0.05) is 140 Å². The van der Waals surface area contributed by atoms with Crippen molar-refractivity contribution in [2.45, 2.75) is 0 Å². The normalized spacial score (nSPS) is 11.6. The first kappa shape index (κ1) is 32.0. The lowest BCUT2D eigenvalue weighted by Crippen LogP contribution is -2.06. The van der Waals surface area contributed by atoms with E-state index in [9.17, 15) is 0 Å². The molecule has 0 saturated heterocycles. The molecule has 0 unspecified atom stereocenters. The highest BCUT2D eigenvalue weighted by Crippen LogP contribution is 2.41. The third kappa shape index (κ3) is 5.42. The molecule has 4 aromatic heterocycles. The van der Waals surface area contributed by atoms with E-state index in [-0.39, 0.29) is 0 Å². The van der Waals surface area contributed by atoms with Crippen LogP contribution in [0.15, 0.2) is 176 Å². The van der Waals surface area contributed by atoms with Gasteiger partial charge in [0.2, 0.25) is 5.95 Å². The van der Waals surface area contributed by atoms with Gasteiger partial charge in [-0.15, -0.1) is 11.3 Å². The minimum Gasteiger partial charge on any atom is -0.278 e. The van der Waals surface area contributed by atoms with Crippen molar-refractivity contribution in [3.63, 3.8) is 0 Å². The zero-order valence-electron chi connectivity index (χ0n) is 29.8. The highest BCUT2D eigenvalue weighted by Gasteiger charge is 2.20. The summed E-state index contributed by atoms with van der Waals surface area (Å²) in [4.78, 5) is 30.6. The fraction of sp³-hybridized carbons (Fsp3) is 0. The van der Waals surface area contributed by atoms with E-state index in [1.807, 2.05) is 91.0 Å². The minimum atomic E-state index is 0.564. The van der Waals surface area contributed by atoms with Crippen molar-refractivity contribution in [3.8, 4) is 62.9 Å². The predicted octanol–water partition coefficient (Wildman–Crippen LogP) is 11.9. The number of aromatic nitrogens is 7. The van der Waals surface area contributed by atoms with E-state index in [1.54, 1.807) is 11.3 Å². The van der Waals surface area contributed by atoms with Crippen LogP contribution in [0.2, 0.25) is 0 Å². The third-order valence-electron chi connectivity index (χ3n) is 10.1. The summed E-state index contributed by atoms with van der Waals surface area (Å²) in [7, 11) is 0. The van der Waals surface area contributed by atoms with Gasteiger partial charge in [0.1, 0.15) is 0 Å². The summed E-state index contributed by atoms with van der Waals surface area (Å²) in [6.45, 7) is 0. The van der Waals surface area contributed by atoms with Crippen LogP contribution in [0, 0.1) is 0 Å². The van der Waals surface area contributed by atoms with Crippen molar-refractivity contribution < 1.29 is 0 Å². The SMILES string of the molecule is c1ccc(-c2nc(-c3ccccc3)nc(-c3cccc4sc5ccc(-c6nc(-c7ccccc7)nc(-n7c8ccccc8c8ccccc87)n6)cc5c34)n2)cc1. The molecule has 0 radical (unpaired) electrons. The van der Waals surface area contributed by atoms with Gasteiger partial charge < -0.3 is 0 Å². The Morgan fingerprint density at radius 2 is 0.821 bits per heavy atom. The first-order chi connectivity index (χ1) is 27.7. The average Bonchev–Trinajstić information content (AvgIpc) is 3.83. The Labute approximate surface area is 325 Å². The highest BCUT2D eigenvalue weighted by molar-refractivity contribution is 7.26. The van der Waals surface area contributed by atoms with Gasteiger partial charge in [-0.3, -0.25) is 4.57 Å². The van der Waals surface area contributed by atoms with Gasteiger partial charge in [-0.2, -0.15) is 9.97 Å². The number of benzene rings is 7. The van der Waals surface area contributed by atoms with Crippen LogP contribution >= 0.6 is 11.3 Å². The Balaban J connectivity index is 1.13. The molecule has 7 aromatic carbocycles. The first-order valence-corrected chi connectivity index (χ1v) is 19.2. The standard InChI is InChI=1S/C48H29N7S/c1-4-15-30(16-5-1)43-49-44(31-17-6-2-7-18-31)52-47(51-43)36-23-14-26-41-42(36)37-29-33(27-28-40(37)56-41)46-50-45(32-19-8-3-9-20-32)53-48(54-46)55-38-24-12-10-21-34(38)35-22-11-13-25-39(35)55/h1-29H. The van der Waals surface area contributed by atoms with Gasteiger partial charge in [0.05, 0.1) is 11.0 Å². The van der Waals surface area contributed by atoms with Gasteiger partial charge in [0.25, 0.3) is 0 Å². The molecule has 0 aliphatic carbocycles. The molecule has 11 aromatic rings. The Morgan fingerprint density at radius 3 is 1.39 bits per heavy atom. The van der Waals surface area contributed by atoms with Crippen LogP contribution in [0.5, 0.6) is 0 Å². The smallest absolute Gasteiger partial charge is 0.238 e. The lowest BCUT2D eigenvalue weighted by atomic mass is 10.0. The molecule has 0 amide bonds. The largest absolute Gasteiger partial charge is 0.278 e. The molecular formula is C48H29N7S. The molecule has 56 heavy (non-hydrogen) atoms. The molecule has 8 heteroatoms. The maximum Gasteiger partial charge on any atom is 0.238 e. The van der Waals surface area contributed by atoms with Crippen molar-refractivity contribution in [2.24, 2.45) is 0 Å². The molecule has 0 saturated carbocycles. The molecular weight excluding hydrogens is 707 g/mol. The zero-order valence-corrected chi connectivity index (χ0v) is 30.6. The van der Waals surface area contributed by atoms with Crippen LogP contribution < -0.4 is 0 Å². The third-order valence-corrected chi connectivity index (χ3v) is 11.3. The van der Waals surface area contributed by atoms with E-state index in [4.69, 9.17) is 29.9 Å². The van der Waals surface area contributed by atoms with E-state index in [0.717, 1.165) is 69.8 Å². The predicted molar refractivity (Wildman–Crippen MR) is 228 cm³/mol. The number of nitrogens with zero attached hydrogens (tertiary/aromatic N) is 7. The molecule has 0 aliphatic heterocycles. The Morgan fingerprint density at radius 1 is 0.339 bits per heavy atom. The van der Waals surface area contributed by atoms with Crippen molar-refractivity contribution in [1.29, 1.82) is 0 Å². The second-order valence-corrected chi connectivity index (χ2v) is 14.6. The van der Waals surface area contributed by atoms with Gasteiger partial charge in [-0.05, 0) is 36.4 Å². The number of hydrogen-bond acceptors (Lipinski definition) is 7. The Kier molecular flexibility index (Phi) is 7.53. The highest BCUT2D eigenvalue weighted by atomic mass is 32.1. The van der Waals surface area contributed by atoms with Crippen LogP contribution in [0.1, 0.15) is 0 Å². The lowest BCUT2D eigenvalue weighted by molar-refractivity contribution is 0.954. The average molecular weight is 736 g/mol. The molecule has 0 bridgehead atoms. The summed E-state index contributed by atoms with van der Waals surface area (Å²) in [5.74, 6) is 3.64. The van der Waals surface area contributed by atoms with Crippen LogP contribution in [-0.4, -0.2) is 34.5 Å². The summed E-state index contributed by atoms with van der Waals surface area (Å²) in [5.41, 5.74) is 6.68. The number of rotatable bonds is 6. The summed E-state index contributed by atoms with van der Waals surface area (Å²) in [6.07, 6.45) is 0. The molecule has 11 rings (SSSR count). The molecule has 0 spiro atoms. The fourth-order valence-electron chi connectivity index (χ4n) is 7.53. The van der Waals surface area contributed by atoms with Crippen molar-refractivity contribution in [1.82, 2.24) is 34.5 Å². The molecule has 7 nitrogen and oxygen atoms in total. The quantitative estimate of drug-likeness (QED) is 0.169. The topological polar surface area (TPSA) is 82.3 Å². The number of hydrogen-bond donors (Lipinski definition) is 0. The second kappa shape index (κ2) is 13.2. The van der Waals surface area contributed by atoms with E-state index < -0.39 is 0 Å².